The lowest BCUT2D eigenvalue weighted by atomic mass is 10.1. The fourth-order valence-electron chi connectivity index (χ4n) is 1.79. The first-order valence-electron chi connectivity index (χ1n) is 5.92. The smallest absolute Gasteiger partial charge is 0.335 e. The number of benzene rings is 2. The van der Waals surface area contributed by atoms with Gasteiger partial charge in [-0.3, -0.25) is 4.72 Å². The van der Waals surface area contributed by atoms with Crippen molar-refractivity contribution in [1.82, 2.24) is 0 Å². The molecule has 0 aliphatic rings. The second kappa shape index (κ2) is 5.75. The molecule has 110 valence electrons. The largest absolute Gasteiger partial charge is 0.478 e. The van der Waals surface area contributed by atoms with Crippen LogP contribution in [-0.2, 0) is 10.0 Å². The number of halogens is 1. The van der Waals surface area contributed by atoms with Crippen molar-refractivity contribution in [2.24, 2.45) is 0 Å². The van der Waals surface area contributed by atoms with Crippen molar-refractivity contribution >= 4 is 33.3 Å². The molecular weight excluding hydrogens is 314 g/mol. The van der Waals surface area contributed by atoms with Crippen LogP contribution in [0.15, 0.2) is 47.4 Å². The van der Waals surface area contributed by atoms with E-state index in [0.29, 0.717) is 16.3 Å². The SMILES string of the molecule is Cc1cc(NS(=O)(=O)c2ccc(Cl)cc2)ccc1C(=O)O. The summed E-state index contributed by atoms with van der Waals surface area (Å²) in [5.74, 6) is -1.06. The highest BCUT2D eigenvalue weighted by atomic mass is 35.5. The Morgan fingerprint density at radius 1 is 1.14 bits per heavy atom. The minimum Gasteiger partial charge on any atom is -0.478 e. The lowest BCUT2D eigenvalue weighted by Crippen LogP contribution is -2.13. The second-order valence-corrected chi connectivity index (χ2v) is 6.51. The Morgan fingerprint density at radius 3 is 2.29 bits per heavy atom. The third-order valence-corrected chi connectivity index (χ3v) is 4.48. The number of hydrogen-bond donors (Lipinski definition) is 2. The van der Waals surface area contributed by atoms with E-state index in [9.17, 15) is 13.2 Å². The first-order chi connectivity index (χ1) is 9.79. The topological polar surface area (TPSA) is 83.5 Å². The zero-order chi connectivity index (χ0) is 15.6. The van der Waals surface area contributed by atoms with E-state index >= 15 is 0 Å². The van der Waals surface area contributed by atoms with Crippen LogP contribution < -0.4 is 4.72 Å². The standard InChI is InChI=1S/C14H12ClNO4S/c1-9-8-11(4-7-13(9)14(17)18)16-21(19,20)12-5-2-10(15)3-6-12/h2-8,16H,1H3,(H,17,18). The van der Waals surface area contributed by atoms with Crippen LogP contribution in [0.25, 0.3) is 0 Å². The van der Waals surface area contributed by atoms with E-state index in [1.165, 1.54) is 42.5 Å². The molecule has 2 aromatic rings. The third kappa shape index (κ3) is 3.53. The maximum absolute atomic E-state index is 12.2. The average Bonchev–Trinajstić information content (AvgIpc) is 2.38. The highest BCUT2D eigenvalue weighted by molar-refractivity contribution is 7.92. The molecule has 0 atom stereocenters. The average molecular weight is 326 g/mol. The zero-order valence-electron chi connectivity index (χ0n) is 11.0. The molecule has 0 spiro atoms. The van der Waals surface area contributed by atoms with E-state index in [0.717, 1.165) is 0 Å². The highest BCUT2D eigenvalue weighted by Gasteiger charge is 2.15. The number of anilines is 1. The van der Waals surface area contributed by atoms with Gasteiger partial charge in [-0.2, -0.15) is 0 Å². The molecule has 2 N–H and O–H groups in total. The van der Waals surface area contributed by atoms with Gasteiger partial charge in [0.15, 0.2) is 0 Å². The number of aromatic carboxylic acids is 1. The van der Waals surface area contributed by atoms with Crippen molar-refractivity contribution in [1.29, 1.82) is 0 Å². The molecular formula is C14H12ClNO4S. The van der Waals surface area contributed by atoms with E-state index in [1.54, 1.807) is 6.92 Å². The molecule has 0 aliphatic carbocycles. The van der Waals surface area contributed by atoms with Gasteiger partial charge in [0.25, 0.3) is 10.0 Å². The van der Waals surface area contributed by atoms with E-state index in [1.807, 2.05) is 0 Å². The molecule has 7 heteroatoms. The lowest BCUT2D eigenvalue weighted by molar-refractivity contribution is 0.0696. The summed E-state index contributed by atoms with van der Waals surface area (Å²) in [5.41, 5.74) is 0.899. The molecule has 5 nitrogen and oxygen atoms in total. The Hall–Kier alpha value is -2.05. The number of carboxylic acid groups (broad SMARTS) is 1. The lowest BCUT2D eigenvalue weighted by Gasteiger charge is -2.10. The zero-order valence-corrected chi connectivity index (χ0v) is 12.6. The van der Waals surface area contributed by atoms with Crippen LogP contribution in [0.5, 0.6) is 0 Å². The first-order valence-corrected chi connectivity index (χ1v) is 7.78. The predicted octanol–water partition coefficient (Wildman–Crippen LogP) is 3.15. The van der Waals surface area contributed by atoms with Gasteiger partial charge in [0.2, 0.25) is 0 Å². The van der Waals surface area contributed by atoms with Gasteiger partial charge >= 0.3 is 5.97 Å². The van der Waals surface area contributed by atoms with Crippen molar-refractivity contribution in [2.45, 2.75) is 11.8 Å². The van der Waals surface area contributed by atoms with Gasteiger partial charge in [0, 0.05) is 10.7 Å². The number of carbonyl (C=O) groups is 1. The van der Waals surface area contributed by atoms with Crippen LogP contribution in [0.4, 0.5) is 5.69 Å². The number of nitrogens with one attached hydrogen (secondary N) is 1. The maximum atomic E-state index is 12.2. The van der Waals surface area contributed by atoms with Crippen LogP contribution in [0.1, 0.15) is 15.9 Å². The second-order valence-electron chi connectivity index (χ2n) is 4.39. The van der Waals surface area contributed by atoms with Crippen LogP contribution >= 0.6 is 11.6 Å². The normalized spacial score (nSPS) is 11.1. The minimum absolute atomic E-state index is 0.0758. The Balaban J connectivity index is 2.31. The van der Waals surface area contributed by atoms with Crippen LogP contribution in [-0.4, -0.2) is 19.5 Å². The number of sulfonamides is 1. The number of aryl methyl sites for hydroxylation is 1. The highest BCUT2D eigenvalue weighted by Crippen LogP contribution is 2.20. The fraction of sp³-hybridized carbons (Fsp3) is 0.0714. The summed E-state index contributed by atoms with van der Waals surface area (Å²) in [6.07, 6.45) is 0. The van der Waals surface area contributed by atoms with Gasteiger partial charge in [-0.15, -0.1) is 0 Å². The van der Waals surface area contributed by atoms with E-state index < -0.39 is 16.0 Å². The Bertz CT molecular complexity index is 785. The van der Waals surface area contributed by atoms with Crippen LogP contribution in [0.2, 0.25) is 5.02 Å². The summed E-state index contributed by atoms with van der Waals surface area (Å²) in [6.45, 7) is 1.60. The predicted molar refractivity (Wildman–Crippen MR) is 80.4 cm³/mol. The molecule has 2 aromatic carbocycles. The van der Waals surface area contributed by atoms with Crippen molar-refractivity contribution in [3.05, 3.63) is 58.6 Å². The number of carboxylic acids is 1. The van der Waals surface area contributed by atoms with Gasteiger partial charge in [0.1, 0.15) is 0 Å². The Morgan fingerprint density at radius 2 is 1.76 bits per heavy atom. The molecule has 0 radical (unpaired) electrons. The van der Waals surface area contributed by atoms with Crippen LogP contribution in [0, 0.1) is 6.92 Å². The Labute approximate surface area is 127 Å². The monoisotopic (exact) mass is 325 g/mol. The third-order valence-electron chi connectivity index (χ3n) is 2.83. The molecule has 21 heavy (non-hydrogen) atoms. The van der Waals surface area contributed by atoms with E-state index in [-0.39, 0.29) is 10.5 Å². The summed E-state index contributed by atoms with van der Waals surface area (Å²) in [6, 6.07) is 9.98. The van der Waals surface area contributed by atoms with Gasteiger partial charge in [-0.25, -0.2) is 13.2 Å². The summed E-state index contributed by atoms with van der Waals surface area (Å²) >= 11 is 5.72. The summed E-state index contributed by atoms with van der Waals surface area (Å²) in [4.78, 5) is 11.0. The fourth-order valence-corrected chi connectivity index (χ4v) is 2.97. The number of hydrogen-bond acceptors (Lipinski definition) is 3. The maximum Gasteiger partial charge on any atom is 0.335 e. The molecule has 0 unspecified atom stereocenters. The summed E-state index contributed by atoms with van der Waals surface area (Å²) < 4.78 is 26.7. The molecule has 0 fully saturated rings. The first kappa shape index (κ1) is 15.3. The van der Waals surface area contributed by atoms with Gasteiger partial charge in [-0.05, 0) is 55.0 Å². The molecule has 2 rings (SSSR count). The number of rotatable bonds is 4. The van der Waals surface area contributed by atoms with Crippen LogP contribution in [0.3, 0.4) is 0 Å². The minimum atomic E-state index is -3.74. The summed E-state index contributed by atoms with van der Waals surface area (Å²) in [7, 11) is -3.74. The van der Waals surface area contributed by atoms with Gasteiger partial charge < -0.3 is 5.11 Å². The molecule has 0 heterocycles. The molecule has 0 bridgehead atoms. The van der Waals surface area contributed by atoms with E-state index in [2.05, 4.69) is 4.72 Å². The van der Waals surface area contributed by atoms with Crippen molar-refractivity contribution in [2.75, 3.05) is 4.72 Å². The van der Waals surface area contributed by atoms with Gasteiger partial charge in [0.05, 0.1) is 10.5 Å². The molecule has 0 aliphatic heterocycles. The summed E-state index contributed by atoms with van der Waals surface area (Å²) in [5, 5.41) is 9.38. The molecule has 0 saturated carbocycles. The molecule has 0 saturated heterocycles. The Kier molecular flexibility index (Phi) is 4.20. The van der Waals surface area contributed by atoms with Crippen molar-refractivity contribution in [3.63, 3.8) is 0 Å². The van der Waals surface area contributed by atoms with Gasteiger partial charge in [-0.1, -0.05) is 11.6 Å². The quantitative estimate of drug-likeness (QED) is 0.904. The molecule has 0 amide bonds. The van der Waals surface area contributed by atoms with E-state index in [4.69, 9.17) is 16.7 Å². The molecule has 0 aromatic heterocycles. The van der Waals surface area contributed by atoms with Crippen molar-refractivity contribution < 1.29 is 18.3 Å². The van der Waals surface area contributed by atoms with Crippen molar-refractivity contribution in [3.8, 4) is 0 Å².